The van der Waals surface area contributed by atoms with E-state index < -0.39 is 10.0 Å². The summed E-state index contributed by atoms with van der Waals surface area (Å²) in [5.74, 6) is 0. The lowest BCUT2D eigenvalue weighted by atomic mass is 10.0. The first-order valence-electron chi connectivity index (χ1n) is 7.38. The number of benzene rings is 2. The Morgan fingerprint density at radius 3 is 2.65 bits per heavy atom. The quantitative estimate of drug-likeness (QED) is 0.754. The van der Waals surface area contributed by atoms with Crippen LogP contribution >= 0.6 is 0 Å². The van der Waals surface area contributed by atoms with Gasteiger partial charge < -0.3 is 9.97 Å². The standard InChI is InChI=1S/C16H15N3O3S/c20-16-17-13-8-7-12(10-14(13)18-16)23(21,22)19-9-3-5-11-4-1-2-6-15(11)19/h1-2,4,6-8,10H,3,5,9H2,(H2,17,18,20). The molecule has 0 radical (unpaired) electrons. The van der Waals surface area contributed by atoms with Crippen LogP contribution in [0.5, 0.6) is 0 Å². The van der Waals surface area contributed by atoms with Gasteiger partial charge in [0.1, 0.15) is 0 Å². The second-order valence-corrected chi connectivity index (χ2v) is 7.46. The lowest BCUT2D eigenvalue weighted by Crippen LogP contribution is -2.35. The van der Waals surface area contributed by atoms with Crippen molar-refractivity contribution in [2.24, 2.45) is 0 Å². The number of aromatic nitrogens is 2. The summed E-state index contributed by atoms with van der Waals surface area (Å²) >= 11 is 0. The van der Waals surface area contributed by atoms with E-state index in [0.717, 1.165) is 24.1 Å². The maximum atomic E-state index is 13.0. The largest absolute Gasteiger partial charge is 0.323 e. The second-order valence-electron chi connectivity index (χ2n) is 5.60. The van der Waals surface area contributed by atoms with E-state index in [2.05, 4.69) is 9.97 Å². The molecule has 0 aliphatic carbocycles. The van der Waals surface area contributed by atoms with Gasteiger partial charge in [0, 0.05) is 6.54 Å². The van der Waals surface area contributed by atoms with Gasteiger partial charge >= 0.3 is 5.69 Å². The molecule has 7 heteroatoms. The molecule has 0 unspecified atom stereocenters. The molecule has 3 aromatic rings. The van der Waals surface area contributed by atoms with Crippen molar-refractivity contribution >= 4 is 26.7 Å². The van der Waals surface area contributed by atoms with Crippen molar-refractivity contribution in [3.63, 3.8) is 0 Å². The van der Waals surface area contributed by atoms with Crippen LogP contribution in [0.4, 0.5) is 5.69 Å². The predicted octanol–water partition coefficient (Wildman–Crippen LogP) is 2.00. The van der Waals surface area contributed by atoms with E-state index in [4.69, 9.17) is 0 Å². The fraction of sp³-hybridized carbons (Fsp3) is 0.188. The van der Waals surface area contributed by atoms with Crippen LogP contribution in [0.3, 0.4) is 0 Å². The molecule has 0 amide bonds. The van der Waals surface area contributed by atoms with Gasteiger partial charge in [-0.3, -0.25) is 4.31 Å². The molecule has 0 saturated carbocycles. The summed E-state index contributed by atoms with van der Waals surface area (Å²) in [6.45, 7) is 0.459. The monoisotopic (exact) mass is 329 g/mol. The minimum atomic E-state index is -3.66. The first-order chi connectivity index (χ1) is 11.1. The molecule has 2 heterocycles. The third kappa shape index (κ3) is 2.24. The number of rotatable bonds is 2. The SMILES string of the molecule is O=c1[nH]c2ccc(S(=O)(=O)N3CCCc4ccccc43)cc2[nH]1. The molecule has 0 bridgehead atoms. The number of hydrogen-bond acceptors (Lipinski definition) is 3. The fourth-order valence-electron chi connectivity index (χ4n) is 3.05. The Hall–Kier alpha value is -2.54. The average Bonchev–Trinajstić information content (AvgIpc) is 2.93. The molecular formula is C16H15N3O3S. The Balaban J connectivity index is 1.85. The molecule has 6 nitrogen and oxygen atoms in total. The Labute approximate surface area is 132 Å². The van der Waals surface area contributed by atoms with Gasteiger partial charge in [0.05, 0.1) is 21.6 Å². The summed E-state index contributed by atoms with van der Waals surface area (Å²) in [5.41, 5.74) is 2.51. The molecule has 0 fully saturated rings. The minimum absolute atomic E-state index is 0.178. The molecule has 1 aliphatic rings. The maximum absolute atomic E-state index is 13.0. The Bertz CT molecular complexity index is 1050. The molecule has 1 aromatic heterocycles. The smallest absolute Gasteiger partial charge is 0.306 e. The van der Waals surface area contributed by atoms with Crippen LogP contribution in [0.15, 0.2) is 52.2 Å². The van der Waals surface area contributed by atoms with Crippen LogP contribution < -0.4 is 9.99 Å². The number of aryl methyl sites for hydroxylation is 1. The second kappa shape index (κ2) is 4.99. The van der Waals surface area contributed by atoms with Crippen molar-refractivity contribution in [2.45, 2.75) is 17.7 Å². The van der Waals surface area contributed by atoms with Gasteiger partial charge in [-0.25, -0.2) is 13.2 Å². The van der Waals surface area contributed by atoms with E-state index in [1.54, 1.807) is 6.07 Å². The molecule has 0 atom stereocenters. The average molecular weight is 329 g/mol. The number of H-pyrrole nitrogens is 2. The highest BCUT2D eigenvalue weighted by Gasteiger charge is 2.29. The molecular weight excluding hydrogens is 314 g/mol. The number of nitrogens with zero attached hydrogens (tertiary/aromatic N) is 1. The summed E-state index contributed by atoms with van der Waals surface area (Å²) in [4.78, 5) is 16.7. The van der Waals surface area contributed by atoms with Gasteiger partial charge in [0.2, 0.25) is 0 Å². The van der Waals surface area contributed by atoms with Crippen molar-refractivity contribution < 1.29 is 8.42 Å². The van der Waals surface area contributed by atoms with Crippen LogP contribution in [0.25, 0.3) is 11.0 Å². The van der Waals surface area contributed by atoms with E-state index in [1.165, 1.54) is 16.4 Å². The zero-order valence-corrected chi connectivity index (χ0v) is 13.1. The third-order valence-electron chi connectivity index (χ3n) is 4.14. The summed E-state index contributed by atoms with van der Waals surface area (Å²) in [6.07, 6.45) is 1.67. The fourth-order valence-corrected chi connectivity index (χ4v) is 4.62. The summed E-state index contributed by atoms with van der Waals surface area (Å²) in [7, 11) is -3.66. The number of sulfonamides is 1. The number of hydrogen-bond donors (Lipinski definition) is 2. The van der Waals surface area contributed by atoms with E-state index >= 15 is 0 Å². The Morgan fingerprint density at radius 2 is 1.78 bits per heavy atom. The van der Waals surface area contributed by atoms with E-state index in [1.807, 2.05) is 24.3 Å². The minimum Gasteiger partial charge on any atom is -0.306 e. The van der Waals surface area contributed by atoms with Crippen LogP contribution in [0.1, 0.15) is 12.0 Å². The highest BCUT2D eigenvalue weighted by atomic mass is 32.2. The van der Waals surface area contributed by atoms with Gasteiger partial charge in [0.15, 0.2) is 0 Å². The number of fused-ring (bicyclic) bond motifs is 2. The molecule has 0 spiro atoms. The summed E-state index contributed by atoms with van der Waals surface area (Å²) < 4.78 is 27.5. The van der Waals surface area contributed by atoms with E-state index in [0.29, 0.717) is 17.6 Å². The first-order valence-corrected chi connectivity index (χ1v) is 8.82. The topological polar surface area (TPSA) is 86.0 Å². The lowest BCUT2D eigenvalue weighted by molar-refractivity contribution is 0.586. The zero-order valence-electron chi connectivity index (χ0n) is 12.2. The summed E-state index contributed by atoms with van der Waals surface area (Å²) in [6, 6.07) is 12.2. The highest BCUT2D eigenvalue weighted by Crippen LogP contribution is 2.32. The van der Waals surface area contributed by atoms with Gasteiger partial charge in [-0.15, -0.1) is 0 Å². The molecule has 118 valence electrons. The Morgan fingerprint density at radius 1 is 1.00 bits per heavy atom. The van der Waals surface area contributed by atoms with Crippen molar-refractivity contribution in [3.8, 4) is 0 Å². The molecule has 2 N–H and O–H groups in total. The molecule has 23 heavy (non-hydrogen) atoms. The number of nitrogens with one attached hydrogen (secondary N) is 2. The predicted molar refractivity (Wildman–Crippen MR) is 88.2 cm³/mol. The van der Waals surface area contributed by atoms with Gasteiger partial charge in [-0.2, -0.15) is 0 Å². The molecule has 0 saturated heterocycles. The van der Waals surface area contributed by atoms with E-state index in [9.17, 15) is 13.2 Å². The first kappa shape index (κ1) is 14.1. The number of anilines is 1. The van der Waals surface area contributed by atoms with Crippen molar-refractivity contribution in [1.82, 2.24) is 9.97 Å². The van der Waals surface area contributed by atoms with Crippen LogP contribution in [0.2, 0.25) is 0 Å². The van der Waals surface area contributed by atoms with Crippen LogP contribution in [-0.4, -0.2) is 24.9 Å². The van der Waals surface area contributed by atoms with Gasteiger partial charge in [-0.05, 0) is 42.7 Å². The van der Waals surface area contributed by atoms with Crippen molar-refractivity contribution in [2.75, 3.05) is 10.8 Å². The Kier molecular flexibility index (Phi) is 3.05. The maximum Gasteiger partial charge on any atom is 0.323 e. The zero-order chi connectivity index (χ0) is 16.0. The van der Waals surface area contributed by atoms with E-state index in [-0.39, 0.29) is 10.6 Å². The molecule has 4 rings (SSSR count). The number of imidazole rings is 1. The number of aromatic amines is 2. The highest BCUT2D eigenvalue weighted by molar-refractivity contribution is 7.92. The normalized spacial score (nSPS) is 14.9. The van der Waals surface area contributed by atoms with Crippen molar-refractivity contribution in [3.05, 3.63) is 58.5 Å². The van der Waals surface area contributed by atoms with Gasteiger partial charge in [0.25, 0.3) is 10.0 Å². The van der Waals surface area contributed by atoms with Gasteiger partial charge in [-0.1, -0.05) is 18.2 Å². The van der Waals surface area contributed by atoms with Crippen LogP contribution in [-0.2, 0) is 16.4 Å². The molecule has 1 aliphatic heterocycles. The molecule has 2 aromatic carbocycles. The van der Waals surface area contributed by atoms with Crippen molar-refractivity contribution in [1.29, 1.82) is 0 Å². The summed E-state index contributed by atoms with van der Waals surface area (Å²) in [5, 5.41) is 0. The lowest BCUT2D eigenvalue weighted by Gasteiger charge is -2.30. The van der Waals surface area contributed by atoms with Crippen LogP contribution in [0, 0.1) is 0 Å². The number of para-hydroxylation sites is 1. The third-order valence-corrected chi connectivity index (χ3v) is 5.95.